The van der Waals surface area contributed by atoms with E-state index in [0.29, 0.717) is 11.5 Å². The molecule has 5 nitrogen and oxygen atoms in total. The van der Waals surface area contributed by atoms with Gasteiger partial charge in [0.2, 0.25) is 5.91 Å². The van der Waals surface area contributed by atoms with Gasteiger partial charge in [-0.25, -0.2) is 0 Å². The number of nitrogens with one attached hydrogen (secondary N) is 1. The molecule has 0 heterocycles. The van der Waals surface area contributed by atoms with Crippen LogP contribution in [-0.2, 0) is 9.59 Å². The number of carbonyl (C=O) groups is 3. The van der Waals surface area contributed by atoms with E-state index in [2.05, 4.69) is 19.2 Å². The zero-order valence-electron chi connectivity index (χ0n) is 15.0. The third-order valence-corrected chi connectivity index (χ3v) is 4.02. The predicted molar refractivity (Wildman–Crippen MR) is 94.9 cm³/mol. The van der Waals surface area contributed by atoms with Crippen molar-refractivity contribution < 1.29 is 14.4 Å². The van der Waals surface area contributed by atoms with Crippen molar-refractivity contribution in [1.82, 2.24) is 5.32 Å². The van der Waals surface area contributed by atoms with E-state index < -0.39 is 11.9 Å². The zero-order valence-corrected chi connectivity index (χ0v) is 15.0. The van der Waals surface area contributed by atoms with Crippen molar-refractivity contribution in [2.75, 3.05) is 6.54 Å². The molecular formula is C19H28N2O3. The van der Waals surface area contributed by atoms with E-state index >= 15 is 0 Å². The first-order valence-electron chi connectivity index (χ1n) is 8.42. The van der Waals surface area contributed by atoms with E-state index in [1.807, 2.05) is 26.0 Å². The van der Waals surface area contributed by atoms with Gasteiger partial charge in [0.05, 0.1) is 12.6 Å². The van der Waals surface area contributed by atoms with Crippen molar-refractivity contribution in [3.8, 4) is 0 Å². The van der Waals surface area contributed by atoms with Gasteiger partial charge in [0.15, 0.2) is 5.78 Å². The molecule has 1 aromatic rings. The molecule has 24 heavy (non-hydrogen) atoms. The lowest BCUT2D eigenvalue weighted by molar-refractivity contribution is -0.123. The predicted octanol–water partition coefficient (Wildman–Crippen LogP) is 2.44. The molecule has 0 spiro atoms. The molecule has 0 unspecified atom stereocenters. The number of rotatable bonds is 9. The Kier molecular flexibility index (Phi) is 7.79. The van der Waals surface area contributed by atoms with E-state index in [0.717, 1.165) is 5.56 Å². The lowest BCUT2D eigenvalue weighted by Gasteiger charge is -2.18. The lowest BCUT2D eigenvalue weighted by atomic mass is 9.94. The van der Waals surface area contributed by atoms with Gasteiger partial charge in [-0.3, -0.25) is 14.4 Å². The summed E-state index contributed by atoms with van der Waals surface area (Å²) in [6.07, 6.45) is 0.538. The Morgan fingerprint density at radius 2 is 1.62 bits per heavy atom. The van der Waals surface area contributed by atoms with Crippen molar-refractivity contribution in [2.45, 2.75) is 52.5 Å². The first-order chi connectivity index (χ1) is 11.3. The second kappa shape index (κ2) is 9.33. The van der Waals surface area contributed by atoms with Gasteiger partial charge in [0.25, 0.3) is 0 Å². The SMILES string of the molecule is CC(C)C(=O)CC[C@H](NC(=O)CN)C(=O)c1ccc(C(C)C)cc1. The Morgan fingerprint density at radius 3 is 2.08 bits per heavy atom. The van der Waals surface area contributed by atoms with E-state index in [9.17, 15) is 14.4 Å². The summed E-state index contributed by atoms with van der Waals surface area (Å²) >= 11 is 0. The number of hydrogen-bond acceptors (Lipinski definition) is 4. The second-order valence-corrected chi connectivity index (χ2v) is 6.62. The molecule has 0 aliphatic rings. The third-order valence-electron chi connectivity index (χ3n) is 4.02. The molecule has 132 valence electrons. The molecule has 0 aliphatic heterocycles. The molecule has 1 aromatic carbocycles. The fourth-order valence-corrected chi connectivity index (χ4v) is 2.33. The van der Waals surface area contributed by atoms with Crippen LogP contribution in [0.5, 0.6) is 0 Å². The van der Waals surface area contributed by atoms with Crippen molar-refractivity contribution in [3.05, 3.63) is 35.4 Å². The normalized spacial score (nSPS) is 12.3. The summed E-state index contributed by atoms with van der Waals surface area (Å²) in [6.45, 7) is 7.62. The number of amides is 1. The molecule has 0 fully saturated rings. The van der Waals surface area contributed by atoms with Gasteiger partial charge < -0.3 is 11.1 Å². The number of carbonyl (C=O) groups excluding carboxylic acids is 3. The fraction of sp³-hybridized carbons (Fsp3) is 0.526. The minimum atomic E-state index is -0.728. The first-order valence-corrected chi connectivity index (χ1v) is 8.42. The standard InChI is InChI=1S/C19H28N2O3/c1-12(2)14-5-7-15(8-6-14)19(24)16(21-18(23)11-20)9-10-17(22)13(3)4/h5-8,12-13,16H,9-11,20H2,1-4H3,(H,21,23)/t16-/m0/s1. The summed E-state index contributed by atoms with van der Waals surface area (Å²) in [5.41, 5.74) is 7.00. The summed E-state index contributed by atoms with van der Waals surface area (Å²) < 4.78 is 0. The minimum absolute atomic E-state index is 0.0740. The molecule has 5 heteroatoms. The number of ketones is 2. The maximum atomic E-state index is 12.7. The molecule has 1 amide bonds. The van der Waals surface area contributed by atoms with Crippen molar-refractivity contribution in [2.24, 2.45) is 11.7 Å². The van der Waals surface area contributed by atoms with E-state index in [4.69, 9.17) is 5.73 Å². The lowest BCUT2D eigenvalue weighted by Crippen LogP contribution is -2.44. The number of nitrogens with two attached hydrogens (primary N) is 1. The highest BCUT2D eigenvalue weighted by Crippen LogP contribution is 2.17. The topological polar surface area (TPSA) is 89.3 Å². The number of Topliss-reactive ketones (excluding diaryl/α,β-unsaturated/α-hetero) is 2. The minimum Gasteiger partial charge on any atom is -0.345 e. The summed E-state index contributed by atoms with van der Waals surface area (Å²) in [7, 11) is 0. The van der Waals surface area contributed by atoms with Gasteiger partial charge in [-0.05, 0) is 17.9 Å². The van der Waals surface area contributed by atoms with Crippen LogP contribution in [0.25, 0.3) is 0 Å². The van der Waals surface area contributed by atoms with Crippen LogP contribution in [0.15, 0.2) is 24.3 Å². The summed E-state index contributed by atoms with van der Waals surface area (Å²) in [4.78, 5) is 36.1. The summed E-state index contributed by atoms with van der Waals surface area (Å²) in [5.74, 6) is -0.223. The van der Waals surface area contributed by atoms with E-state index in [1.54, 1.807) is 12.1 Å². The average molecular weight is 332 g/mol. The number of benzene rings is 1. The van der Waals surface area contributed by atoms with Gasteiger partial charge in [-0.2, -0.15) is 0 Å². The quantitative estimate of drug-likeness (QED) is 0.680. The third kappa shape index (κ3) is 5.89. The molecular weight excluding hydrogens is 304 g/mol. The summed E-state index contributed by atoms with van der Waals surface area (Å²) in [5, 5.41) is 2.63. The highest BCUT2D eigenvalue weighted by molar-refractivity contribution is 6.02. The molecule has 0 saturated carbocycles. The van der Waals surface area contributed by atoms with Gasteiger partial charge in [0, 0.05) is 17.9 Å². The molecule has 3 N–H and O–H groups in total. The van der Waals surface area contributed by atoms with Crippen LogP contribution in [0.3, 0.4) is 0 Å². The highest BCUT2D eigenvalue weighted by Gasteiger charge is 2.23. The molecule has 0 bridgehead atoms. The van der Waals surface area contributed by atoms with Gasteiger partial charge in [-0.1, -0.05) is 52.0 Å². The Bertz CT molecular complexity index is 577. The van der Waals surface area contributed by atoms with Crippen LogP contribution in [0.4, 0.5) is 0 Å². The van der Waals surface area contributed by atoms with Crippen LogP contribution in [0.2, 0.25) is 0 Å². The smallest absolute Gasteiger partial charge is 0.234 e. The van der Waals surface area contributed by atoms with Gasteiger partial charge in [-0.15, -0.1) is 0 Å². The maximum Gasteiger partial charge on any atom is 0.234 e. The first kappa shape index (κ1) is 20.0. The van der Waals surface area contributed by atoms with Crippen LogP contribution in [0.1, 0.15) is 62.4 Å². The van der Waals surface area contributed by atoms with E-state index in [-0.39, 0.29) is 36.9 Å². The fourth-order valence-electron chi connectivity index (χ4n) is 2.33. The number of hydrogen-bond donors (Lipinski definition) is 2. The van der Waals surface area contributed by atoms with Crippen LogP contribution < -0.4 is 11.1 Å². The Balaban J connectivity index is 2.89. The zero-order chi connectivity index (χ0) is 18.3. The van der Waals surface area contributed by atoms with Gasteiger partial charge in [0.1, 0.15) is 5.78 Å². The van der Waals surface area contributed by atoms with Crippen molar-refractivity contribution in [1.29, 1.82) is 0 Å². The Morgan fingerprint density at radius 1 is 1.04 bits per heavy atom. The Hall–Kier alpha value is -2.01. The molecule has 1 rings (SSSR count). The highest BCUT2D eigenvalue weighted by atomic mass is 16.2. The van der Waals surface area contributed by atoms with Crippen molar-refractivity contribution >= 4 is 17.5 Å². The van der Waals surface area contributed by atoms with Crippen LogP contribution >= 0.6 is 0 Å². The van der Waals surface area contributed by atoms with Crippen molar-refractivity contribution in [3.63, 3.8) is 0 Å². The van der Waals surface area contributed by atoms with Crippen LogP contribution in [0, 0.1) is 5.92 Å². The monoisotopic (exact) mass is 332 g/mol. The van der Waals surface area contributed by atoms with Crippen LogP contribution in [-0.4, -0.2) is 30.1 Å². The Labute approximate surface area is 144 Å². The molecule has 1 atom stereocenters. The molecule has 0 aliphatic carbocycles. The van der Waals surface area contributed by atoms with Gasteiger partial charge >= 0.3 is 0 Å². The van der Waals surface area contributed by atoms with E-state index in [1.165, 1.54) is 0 Å². The maximum absolute atomic E-state index is 12.7. The largest absolute Gasteiger partial charge is 0.345 e. The molecule has 0 radical (unpaired) electrons. The summed E-state index contributed by atoms with van der Waals surface area (Å²) in [6, 6.07) is 6.64. The average Bonchev–Trinajstić information content (AvgIpc) is 2.57. The molecule has 0 aromatic heterocycles. The molecule has 0 saturated heterocycles. The second-order valence-electron chi connectivity index (χ2n) is 6.62.